The van der Waals surface area contributed by atoms with E-state index in [-0.39, 0.29) is 18.0 Å². The number of benzene rings is 1. The minimum Gasteiger partial charge on any atom is -0.497 e. The second-order valence-electron chi connectivity index (χ2n) is 6.44. The van der Waals surface area contributed by atoms with Gasteiger partial charge in [-0.3, -0.25) is 4.79 Å². The van der Waals surface area contributed by atoms with E-state index in [1.54, 1.807) is 7.11 Å². The highest BCUT2D eigenvalue weighted by Crippen LogP contribution is 2.27. The van der Waals surface area contributed by atoms with Crippen LogP contribution >= 0.6 is 0 Å². The molecule has 0 radical (unpaired) electrons. The first kappa shape index (κ1) is 15.8. The molecule has 0 aromatic heterocycles. The van der Waals surface area contributed by atoms with Crippen molar-refractivity contribution in [2.24, 2.45) is 5.16 Å². The Kier molecular flexibility index (Phi) is 4.55. The van der Waals surface area contributed by atoms with Gasteiger partial charge in [-0.15, -0.1) is 0 Å². The first-order chi connectivity index (χ1) is 11.1. The summed E-state index contributed by atoms with van der Waals surface area (Å²) in [6, 6.07) is 8.23. The average Bonchev–Trinajstić information content (AvgIpc) is 3.04. The largest absolute Gasteiger partial charge is 0.497 e. The number of carbonyl (C=O) groups is 1. The van der Waals surface area contributed by atoms with Crippen molar-refractivity contribution >= 4 is 11.6 Å². The van der Waals surface area contributed by atoms with Crippen LogP contribution in [0.4, 0.5) is 0 Å². The highest BCUT2D eigenvalue weighted by Gasteiger charge is 2.37. The van der Waals surface area contributed by atoms with E-state index in [9.17, 15) is 4.79 Å². The van der Waals surface area contributed by atoms with E-state index in [1.807, 2.05) is 29.2 Å². The number of nitrogens with zero attached hydrogens (tertiary/aromatic N) is 2. The zero-order valence-corrected chi connectivity index (χ0v) is 14.0. The normalized spacial score (nSPS) is 27.3. The summed E-state index contributed by atoms with van der Waals surface area (Å²) < 4.78 is 5.16. The molecule has 5 nitrogen and oxygen atoms in total. The maximum absolute atomic E-state index is 12.8. The van der Waals surface area contributed by atoms with E-state index in [1.165, 1.54) is 6.42 Å². The molecule has 0 aliphatic carbocycles. The Labute approximate surface area is 137 Å². The maximum atomic E-state index is 12.8. The molecule has 2 aliphatic heterocycles. The zero-order chi connectivity index (χ0) is 16.4. The van der Waals surface area contributed by atoms with Crippen LogP contribution in [-0.2, 0) is 9.63 Å². The number of likely N-dealkylation sites (tertiary alicyclic amines) is 1. The van der Waals surface area contributed by atoms with Crippen molar-refractivity contribution in [3.05, 3.63) is 29.8 Å². The topological polar surface area (TPSA) is 51.1 Å². The molecule has 3 atom stereocenters. The molecular formula is C18H24N2O3. The molecule has 23 heavy (non-hydrogen) atoms. The van der Waals surface area contributed by atoms with Crippen LogP contribution in [0.2, 0.25) is 0 Å². The van der Waals surface area contributed by atoms with E-state index in [0.29, 0.717) is 6.42 Å². The van der Waals surface area contributed by atoms with Gasteiger partial charge in [-0.1, -0.05) is 5.16 Å². The summed E-state index contributed by atoms with van der Waals surface area (Å²) in [5.74, 6) is 0.869. The minimum absolute atomic E-state index is 0.0666. The van der Waals surface area contributed by atoms with Crippen LogP contribution in [0.15, 0.2) is 29.4 Å². The number of oxime groups is 1. The van der Waals surface area contributed by atoms with E-state index in [2.05, 4.69) is 19.0 Å². The summed E-state index contributed by atoms with van der Waals surface area (Å²) >= 11 is 0. The number of amides is 1. The quantitative estimate of drug-likeness (QED) is 0.861. The van der Waals surface area contributed by atoms with Crippen molar-refractivity contribution < 1.29 is 14.4 Å². The maximum Gasteiger partial charge on any atom is 0.267 e. The van der Waals surface area contributed by atoms with Crippen LogP contribution in [0.3, 0.4) is 0 Å². The summed E-state index contributed by atoms with van der Waals surface area (Å²) in [7, 11) is 1.64. The number of hydrogen-bond donors (Lipinski definition) is 0. The van der Waals surface area contributed by atoms with E-state index >= 15 is 0 Å². The summed E-state index contributed by atoms with van der Waals surface area (Å²) in [5, 5.41) is 4.14. The van der Waals surface area contributed by atoms with Gasteiger partial charge in [0.15, 0.2) is 0 Å². The number of ether oxygens (including phenoxy) is 1. The Morgan fingerprint density at radius 3 is 2.48 bits per heavy atom. The van der Waals surface area contributed by atoms with Gasteiger partial charge in [0.2, 0.25) is 6.10 Å². The van der Waals surface area contributed by atoms with Crippen molar-refractivity contribution in [3.8, 4) is 5.75 Å². The van der Waals surface area contributed by atoms with Crippen molar-refractivity contribution in [1.29, 1.82) is 0 Å². The summed E-state index contributed by atoms with van der Waals surface area (Å²) in [6.45, 7) is 4.24. The molecule has 2 aliphatic rings. The molecule has 1 amide bonds. The van der Waals surface area contributed by atoms with Gasteiger partial charge in [0, 0.05) is 18.5 Å². The van der Waals surface area contributed by atoms with Crippen LogP contribution in [0.1, 0.15) is 45.1 Å². The molecule has 1 fully saturated rings. The van der Waals surface area contributed by atoms with Gasteiger partial charge in [-0.25, -0.2) is 0 Å². The van der Waals surface area contributed by atoms with Crippen LogP contribution in [0, 0.1) is 0 Å². The lowest BCUT2D eigenvalue weighted by atomic mass is 9.96. The summed E-state index contributed by atoms with van der Waals surface area (Å²) in [5.41, 5.74) is 1.80. The third-order valence-corrected chi connectivity index (χ3v) is 4.82. The van der Waals surface area contributed by atoms with Crippen LogP contribution in [0.5, 0.6) is 5.75 Å². The third-order valence-electron chi connectivity index (χ3n) is 4.82. The van der Waals surface area contributed by atoms with Crippen LogP contribution < -0.4 is 4.74 Å². The molecule has 0 N–H and O–H groups in total. The molecule has 0 spiro atoms. The Morgan fingerprint density at radius 2 is 1.87 bits per heavy atom. The molecule has 0 bridgehead atoms. The van der Waals surface area contributed by atoms with E-state index in [4.69, 9.17) is 9.57 Å². The highest BCUT2D eigenvalue weighted by molar-refractivity contribution is 6.04. The summed E-state index contributed by atoms with van der Waals surface area (Å²) in [6.07, 6.45) is 3.35. The lowest BCUT2D eigenvalue weighted by Gasteiger charge is -2.39. The lowest BCUT2D eigenvalue weighted by molar-refractivity contribution is -0.148. The van der Waals surface area contributed by atoms with Crippen molar-refractivity contribution in [3.63, 3.8) is 0 Å². The van der Waals surface area contributed by atoms with Gasteiger partial charge in [0.05, 0.1) is 12.8 Å². The highest BCUT2D eigenvalue weighted by atomic mass is 16.6. The standard InChI is InChI=1S/C18H24N2O3/c1-12-5-4-6-13(2)20(12)18(21)17-11-16(19-23-17)14-7-9-15(22-3)10-8-14/h7-10,12-13,17H,4-6,11H2,1-3H3/t12-,13-,17+/m1/s1. The van der Waals surface area contributed by atoms with Crippen LogP contribution in [-0.4, -0.2) is 41.8 Å². The second kappa shape index (κ2) is 6.60. The van der Waals surface area contributed by atoms with Gasteiger partial charge in [-0.05, 0) is 62.9 Å². The average molecular weight is 316 g/mol. The first-order valence-corrected chi connectivity index (χ1v) is 8.29. The fourth-order valence-electron chi connectivity index (χ4n) is 3.49. The number of methoxy groups -OCH3 is 1. The van der Waals surface area contributed by atoms with Gasteiger partial charge < -0.3 is 14.5 Å². The molecule has 1 saturated heterocycles. The molecule has 3 rings (SSSR count). The molecular weight excluding hydrogens is 292 g/mol. The molecule has 2 heterocycles. The molecule has 0 unspecified atom stereocenters. The fraction of sp³-hybridized carbons (Fsp3) is 0.556. The molecule has 0 saturated carbocycles. The van der Waals surface area contributed by atoms with Gasteiger partial charge >= 0.3 is 0 Å². The number of piperidine rings is 1. The Bertz CT molecular complexity index is 587. The van der Waals surface area contributed by atoms with E-state index in [0.717, 1.165) is 29.9 Å². The predicted octanol–water partition coefficient (Wildman–Crippen LogP) is 2.98. The van der Waals surface area contributed by atoms with Crippen molar-refractivity contribution in [1.82, 2.24) is 4.90 Å². The smallest absolute Gasteiger partial charge is 0.267 e. The Morgan fingerprint density at radius 1 is 1.22 bits per heavy atom. The molecule has 1 aromatic rings. The van der Waals surface area contributed by atoms with Crippen LogP contribution in [0.25, 0.3) is 0 Å². The fourth-order valence-corrected chi connectivity index (χ4v) is 3.49. The first-order valence-electron chi connectivity index (χ1n) is 8.29. The van der Waals surface area contributed by atoms with Crippen molar-refractivity contribution in [2.75, 3.05) is 7.11 Å². The number of rotatable bonds is 3. The molecule has 1 aromatic carbocycles. The monoisotopic (exact) mass is 316 g/mol. The van der Waals surface area contributed by atoms with E-state index < -0.39 is 6.10 Å². The Balaban J connectivity index is 1.67. The number of hydrogen-bond acceptors (Lipinski definition) is 4. The second-order valence-corrected chi connectivity index (χ2v) is 6.44. The predicted molar refractivity (Wildman–Crippen MR) is 88.6 cm³/mol. The van der Waals surface area contributed by atoms with Gasteiger partial charge in [0.25, 0.3) is 5.91 Å². The molecule has 5 heteroatoms. The zero-order valence-electron chi connectivity index (χ0n) is 14.0. The van der Waals surface area contributed by atoms with Gasteiger partial charge in [-0.2, -0.15) is 0 Å². The minimum atomic E-state index is -0.491. The van der Waals surface area contributed by atoms with Crippen molar-refractivity contribution in [2.45, 2.75) is 57.7 Å². The number of carbonyl (C=O) groups excluding carboxylic acids is 1. The Hall–Kier alpha value is -2.04. The SMILES string of the molecule is COc1ccc(C2=NO[C@H](C(=O)N3[C@H](C)CCC[C@H]3C)C2)cc1. The van der Waals surface area contributed by atoms with Gasteiger partial charge in [0.1, 0.15) is 5.75 Å². The third kappa shape index (κ3) is 3.19. The lowest BCUT2D eigenvalue weighted by Crippen LogP contribution is -2.51. The molecule has 124 valence electrons. The summed E-state index contributed by atoms with van der Waals surface area (Å²) in [4.78, 5) is 20.2.